The van der Waals surface area contributed by atoms with Gasteiger partial charge in [-0.1, -0.05) is 20.8 Å². The van der Waals surface area contributed by atoms with Crippen molar-refractivity contribution in [2.45, 2.75) is 59.3 Å². The van der Waals surface area contributed by atoms with Crippen LogP contribution in [0.3, 0.4) is 0 Å². The van der Waals surface area contributed by atoms with Gasteiger partial charge in [-0.3, -0.25) is 9.59 Å². The summed E-state index contributed by atoms with van der Waals surface area (Å²) in [4.78, 5) is 27.8. The third kappa shape index (κ3) is 5.07. The highest BCUT2D eigenvalue weighted by Crippen LogP contribution is 2.31. The minimum Gasteiger partial charge on any atom is -0.369 e. The summed E-state index contributed by atoms with van der Waals surface area (Å²) in [6.45, 7) is 7.80. The van der Waals surface area contributed by atoms with Crippen molar-refractivity contribution in [1.29, 1.82) is 0 Å². The largest absolute Gasteiger partial charge is 0.369 e. The number of hydrogen-bond acceptors (Lipinski definition) is 3. The van der Waals surface area contributed by atoms with E-state index in [-0.39, 0.29) is 17.7 Å². The quantitative estimate of drug-likeness (QED) is 0.885. The van der Waals surface area contributed by atoms with Crippen LogP contribution in [0.2, 0.25) is 0 Å². The van der Waals surface area contributed by atoms with Gasteiger partial charge in [-0.2, -0.15) is 0 Å². The molecule has 0 atom stereocenters. The van der Waals surface area contributed by atoms with Crippen molar-refractivity contribution in [3.8, 4) is 0 Å². The van der Waals surface area contributed by atoms with E-state index in [9.17, 15) is 9.59 Å². The number of thiophene rings is 1. The highest BCUT2D eigenvalue weighted by atomic mass is 32.1. The molecule has 5 heteroatoms. The molecule has 4 nitrogen and oxygen atoms in total. The maximum absolute atomic E-state index is 12.5. The second kappa shape index (κ2) is 8.65. The molecule has 1 aliphatic carbocycles. The van der Waals surface area contributed by atoms with Crippen LogP contribution in [0.5, 0.6) is 0 Å². The SMILES string of the molecule is CC(C)C.NC(=O)C1CCN(C(=O)c2cc3c(s2)CCCC3)CC1. The Hall–Kier alpha value is -1.36. The molecule has 1 fully saturated rings. The van der Waals surface area contributed by atoms with Crippen molar-refractivity contribution in [3.63, 3.8) is 0 Å². The van der Waals surface area contributed by atoms with E-state index < -0.39 is 0 Å². The van der Waals surface area contributed by atoms with E-state index in [1.165, 1.54) is 23.3 Å². The van der Waals surface area contributed by atoms with Gasteiger partial charge in [-0.25, -0.2) is 0 Å². The monoisotopic (exact) mass is 350 g/mol. The second-order valence-corrected chi connectivity index (χ2v) is 8.60. The fraction of sp³-hybridized carbons (Fsp3) is 0.684. The van der Waals surface area contributed by atoms with Crippen LogP contribution in [0.15, 0.2) is 6.07 Å². The summed E-state index contributed by atoms with van der Waals surface area (Å²) in [5.74, 6) is 0.673. The molecule has 0 saturated carbocycles. The number of piperidine rings is 1. The summed E-state index contributed by atoms with van der Waals surface area (Å²) in [6.07, 6.45) is 6.12. The average Bonchev–Trinajstić information content (AvgIpc) is 2.97. The number of likely N-dealkylation sites (tertiary alicyclic amines) is 1. The van der Waals surface area contributed by atoms with Gasteiger partial charge in [0.1, 0.15) is 0 Å². The molecule has 1 aromatic heterocycles. The molecular weight excluding hydrogens is 320 g/mol. The molecule has 0 radical (unpaired) electrons. The molecule has 0 spiro atoms. The molecule has 0 bridgehead atoms. The molecule has 0 unspecified atom stereocenters. The number of primary amides is 1. The summed E-state index contributed by atoms with van der Waals surface area (Å²) >= 11 is 1.66. The first kappa shape index (κ1) is 19.0. The van der Waals surface area contributed by atoms with Gasteiger partial charge in [0.2, 0.25) is 5.91 Å². The van der Waals surface area contributed by atoms with Gasteiger partial charge in [-0.15, -0.1) is 11.3 Å². The summed E-state index contributed by atoms with van der Waals surface area (Å²) in [6, 6.07) is 2.08. The zero-order valence-corrected chi connectivity index (χ0v) is 16.0. The minimum absolute atomic E-state index is 0.0596. The summed E-state index contributed by atoms with van der Waals surface area (Å²) in [7, 11) is 0. The van der Waals surface area contributed by atoms with E-state index in [4.69, 9.17) is 5.73 Å². The first-order chi connectivity index (χ1) is 11.4. The fourth-order valence-electron chi connectivity index (χ4n) is 3.12. The zero-order valence-electron chi connectivity index (χ0n) is 15.1. The van der Waals surface area contributed by atoms with Crippen molar-refractivity contribution >= 4 is 23.2 Å². The van der Waals surface area contributed by atoms with Gasteiger partial charge in [0.25, 0.3) is 5.91 Å². The molecule has 1 aromatic rings. The topological polar surface area (TPSA) is 63.4 Å². The lowest BCUT2D eigenvalue weighted by Gasteiger charge is -2.30. The standard InChI is InChI=1S/C15H20N2O2S.C4H10/c16-14(18)10-5-7-17(8-6-10)15(19)13-9-11-3-1-2-4-12(11)20-13;1-4(2)3/h9-10H,1-8H2,(H2,16,18);4H,1-3H3. The number of hydrogen-bond donors (Lipinski definition) is 1. The number of nitrogens with two attached hydrogens (primary N) is 1. The second-order valence-electron chi connectivity index (χ2n) is 7.47. The van der Waals surface area contributed by atoms with Crippen LogP contribution >= 0.6 is 11.3 Å². The van der Waals surface area contributed by atoms with E-state index in [2.05, 4.69) is 26.8 Å². The Bertz CT molecular complexity index is 546. The number of carbonyl (C=O) groups is 2. The highest BCUT2D eigenvalue weighted by Gasteiger charge is 2.28. The lowest BCUT2D eigenvalue weighted by molar-refractivity contribution is -0.123. The van der Waals surface area contributed by atoms with Crippen LogP contribution < -0.4 is 5.73 Å². The van der Waals surface area contributed by atoms with Crippen LogP contribution in [0.25, 0.3) is 0 Å². The normalized spacial score (nSPS) is 17.9. The third-order valence-electron chi connectivity index (χ3n) is 4.39. The first-order valence-corrected chi connectivity index (χ1v) is 9.90. The van der Waals surface area contributed by atoms with E-state index >= 15 is 0 Å². The number of rotatable bonds is 2. The number of carbonyl (C=O) groups excluding carboxylic acids is 2. The van der Waals surface area contributed by atoms with Crippen molar-refractivity contribution in [3.05, 3.63) is 21.4 Å². The Kier molecular flexibility index (Phi) is 6.84. The number of nitrogens with zero attached hydrogens (tertiary/aromatic N) is 1. The maximum Gasteiger partial charge on any atom is 0.263 e. The Morgan fingerprint density at radius 2 is 1.75 bits per heavy atom. The Morgan fingerprint density at radius 3 is 2.29 bits per heavy atom. The van der Waals surface area contributed by atoms with Crippen LogP contribution in [0.1, 0.15) is 66.6 Å². The molecular formula is C19H30N2O2S. The van der Waals surface area contributed by atoms with Crippen LogP contribution in [0, 0.1) is 11.8 Å². The smallest absolute Gasteiger partial charge is 0.263 e. The van der Waals surface area contributed by atoms with Gasteiger partial charge < -0.3 is 10.6 Å². The Morgan fingerprint density at radius 1 is 1.17 bits per heavy atom. The van der Waals surface area contributed by atoms with Crippen LogP contribution in [0.4, 0.5) is 0 Å². The van der Waals surface area contributed by atoms with Gasteiger partial charge in [0.15, 0.2) is 0 Å². The van der Waals surface area contributed by atoms with Crippen molar-refractivity contribution in [2.75, 3.05) is 13.1 Å². The Balaban J connectivity index is 0.000000471. The number of fused-ring (bicyclic) bond motifs is 1. The zero-order chi connectivity index (χ0) is 17.7. The van der Waals surface area contributed by atoms with Crippen molar-refractivity contribution in [1.82, 2.24) is 4.90 Å². The van der Waals surface area contributed by atoms with Crippen LogP contribution in [-0.2, 0) is 17.6 Å². The van der Waals surface area contributed by atoms with Gasteiger partial charge in [0, 0.05) is 23.9 Å². The molecule has 2 N–H and O–H groups in total. The van der Waals surface area contributed by atoms with E-state index in [0.717, 1.165) is 23.6 Å². The summed E-state index contributed by atoms with van der Waals surface area (Å²) in [5, 5.41) is 0. The van der Waals surface area contributed by atoms with Crippen LogP contribution in [-0.4, -0.2) is 29.8 Å². The predicted octanol–water partition coefficient (Wildman–Crippen LogP) is 3.63. The lowest BCUT2D eigenvalue weighted by Crippen LogP contribution is -2.41. The predicted molar refractivity (Wildman–Crippen MR) is 99.3 cm³/mol. The molecule has 2 amide bonds. The fourth-order valence-corrected chi connectivity index (χ4v) is 4.34. The van der Waals surface area contributed by atoms with Gasteiger partial charge in [-0.05, 0) is 56.1 Å². The third-order valence-corrected chi connectivity index (χ3v) is 5.62. The van der Waals surface area contributed by atoms with Gasteiger partial charge in [0.05, 0.1) is 4.88 Å². The summed E-state index contributed by atoms with van der Waals surface area (Å²) < 4.78 is 0. The molecule has 1 aliphatic heterocycles. The van der Waals surface area contributed by atoms with Crippen molar-refractivity contribution in [2.24, 2.45) is 17.6 Å². The molecule has 1 saturated heterocycles. The van der Waals surface area contributed by atoms with E-state index in [0.29, 0.717) is 25.9 Å². The number of amides is 2. The van der Waals surface area contributed by atoms with Gasteiger partial charge >= 0.3 is 0 Å². The number of aryl methyl sites for hydroxylation is 2. The molecule has 3 rings (SSSR count). The molecule has 2 heterocycles. The van der Waals surface area contributed by atoms with E-state index in [1.807, 2.05) is 4.90 Å². The molecule has 2 aliphatic rings. The maximum atomic E-state index is 12.5. The molecule has 24 heavy (non-hydrogen) atoms. The Labute approximate surface area is 149 Å². The first-order valence-electron chi connectivity index (χ1n) is 9.08. The summed E-state index contributed by atoms with van der Waals surface area (Å²) in [5.41, 5.74) is 6.70. The highest BCUT2D eigenvalue weighted by molar-refractivity contribution is 7.14. The minimum atomic E-state index is -0.233. The molecule has 0 aromatic carbocycles. The van der Waals surface area contributed by atoms with Crippen molar-refractivity contribution < 1.29 is 9.59 Å². The van der Waals surface area contributed by atoms with E-state index in [1.54, 1.807) is 11.3 Å². The average molecular weight is 351 g/mol. The molecule has 134 valence electrons. The lowest BCUT2D eigenvalue weighted by atomic mass is 9.96.